The van der Waals surface area contributed by atoms with Crippen LogP contribution in [0.1, 0.15) is 13.8 Å². The van der Waals surface area contributed by atoms with Crippen molar-refractivity contribution in [2.45, 2.75) is 26.1 Å². The summed E-state index contributed by atoms with van der Waals surface area (Å²) < 4.78 is 12.1. The van der Waals surface area contributed by atoms with Gasteiger partial charge in [-0.05, 0) is 66.3 Å². The Balaban J connectivity index is 1.84. The number of carbonyl (C=O) groups excluding carboxylic acids is 2. The maximum Gasteiger partial charge on any atom is 0.224 e. The first-order valence-electron chi connectivity index (χ1n) is 12.2. The number of benzene rings is 2. The molecule has 3 rings (SSSR count). The quantitative estimate of drug-likeness (QED) is 0.354. The van der Waals surface area contributed by atoms with E-state index in [1.54, 1.807) is 36.4 Å². The molecule has 204 valence electrons. The van der Waals surface area contributed by atoms with Crippen LogP contribution in [0.4, 0.5) is 11.4 Å². The van der Waals surface area contributed by atoms with E-state index < -0.39 is 11.6 Å². The number of Topliss-reactive ketones (excluding diaryl/α,β-unsaturated/α-hetero) is 2. The van der Waals surface area contributed by atoms with Crippen LogP contribution in [-0.2, 0) is 9.59 Å². The van der Waals surface area contributed by atoms with Gasteiger partial charge in [0.2, 0.25) is 11.6 Å². The molecule has 10 heteroatoms. The summed E-state index contributed by atoms with van der Waals surface area (Å²) in [6.45, 7) is 5.27. The zero-order valence-electron chi connectivity index (χ0n) is 22.5. The number of anilines is 2. The van der Waals surface area contributed by atoms with Crippen molar-refractivity contribution in [1.82, 2.24) is 9.80 Å². The van der Waals surface area contributed by atoms with E-state index in [2.05, 4.69) is 10.6 Å². The second kappa shape index (κ2) is 13.2. The van der Waals surface area contributed by atoms with Crippen molar-refractivity contribution in [2.75, 3.05) is 51.9 Å². The summed E-state index contributed by atoms with van der Waals surface area (Å²) in [5.74, 6) is -0.203. The highest BCUT2D eigenvalue weighted by Gasteiger charge is 2.34. The summed E-state index contributed by atoms with van der Waals surface area (Å²) >= 11 is 12.9. The summed E-state index contributed by atoms with van der Waals surface area (Å²) in [6.07, 6.45) is -0.244. The lowest BCUT2D eigenvalue weighted by atomic mass is 10.0. The monoisotopic (exact) mass is 560 g/mol. The smallest absolute Gasteiger partial charge is 0.224 e. The van der Waals surface area contributed by atoms with Gasteiger partial charge < -0.3 is 29.9 Å². The number of ketones is 2. The predicted molar refractivity (Wildman–Crippen MR) is 153 cm³/mol. The van der Waals surface area contributed by atoms with Crippen LogP contribution in [0.3, 0.4) is 0 Å². The van der Waals surface area contributed by atoms with E-state index in [4.69, 9.17) is 32.7 Å². The third-order valence-electron chi connectivity index (χ3n) is 5.49. The molecule has 2 atom stereocenters. The van der Waals surface area contributed by atoms with Gasteiger partial charge in [0.05, 0.1) is 11.4 Å². The Hall–Kier alpha value is -3.04. The Kier molecular flexibility index (Phi) is 10.2. The molecule has 0 radical (unpaired) electrons. The normalized spacial score (nSPS) is 15.7. The Morgan fingerprint density at radius 2 is 1.03 bits per heavy atom. The number of likely N-dealkylation sites (N-methyl/N-ethyl adjacent to an activating group) is 2. The molecule has 0 unspecified atom stereocenters. The van der Waals surface area contributed by atoms with E-state index in [0.29, 0.717) is 36.0 Å². The molecule has 0 aliphatic heterocycles. The van der Waals surface area contributed by atoms with Gasteiger partial charge in [-0.15, -0.1) is 0 Å². The zero-order chi connectivity index (χ0) is 28.0. The van der Waals surface area contributed by atoms with Gasteiger partial charge in [0.1, 0.15) is 45.2 Å². The number of allylic oxidation sites excluding steroid dienone is 2. The Morgan fingerprint density at radius 3 is 1.37 bits per heavy atom. The van der Waals surface area contributed by atoms with Crippen molar-refractivity contribution in [3.63, 3.8) is 0 Å². The number of para-hydroxylation sites is 4. The number of ether oxygens (including phenoxy) is 2. The van der Waals surface area contributed by atoms with Gasteiger partial charge in [0.15, 0.2) is 0 Å². The number of halogens is 2. The Morgan fingerprint density at radius 1 is 0.684 bits per heavy atom. The van der Waals surface area contributed by atoms with Crippen LogP contribution in [0, 0.1) is 0 Å². The lowest BCUT2D eigenvalue weighted by molar-refractivity contribution is -0.115. The molecule has 0 amide bonds. The topological polar surface area (TPSA) is 83.1 Å². The highest BCUT2D eigenvalue weighted by atomic mass is 35.5. The average molecular weight is 562 g/mol. The third kappa shape index (κ3) is 7.51. The summed E-state index contributed by atoms with van der Waals surface area (Å²) in [4.78, 5) is 30.6. The van der Waals surface area contributed by atoms with Crippen molar-refractivity contribution in [1.29, 1.82) is 0 Å². The molecule has 8 nitrogen and oxygen atoms in total. The molecule has 2 aromatic carbocycles. The molecule has 0 saturated heterocycles. The summed E-state index contributed by atoms with van der Waals surface area (Å²) in [7, 11) is 7.82. The van der Waals surface area contributed by atoms with E-state index >= 15 is 0 Å². The second-order valence-electron chi connectivity index (χ2n) is 9.66. The molecule has 0 aromatic heterocycles. The van der Waals surface area contributed by atoms with Crippen molar-refractivity contribution in [2.24, 2.45) is 0 Å². The molecule has 0 bridgehead atoms. The van der Waals surface area contributed by atoms with Crippen molar-refractivity contribution in [3.8, 4) is 11.5 Å². The van der Waals surface area contributed by atoms with Crippen LogP contribution >= 0.6 is 23.2 Å². The molecular formula is C28H34Cl2N4O4. The number of hydrogen-bond acceptors (Lipinski definition) is 8. The molecule has 2 aromatic rings. The van der Waals surface area contributed by atoms with E-state index in [1.165, 1.54) is 0 Å². The van der Waals surface area contributed by atoms with Gasteiger partial charge in [0.25, 0.3) is 0 Å². The van der Waals surface area contributed by atoms with Gasteiger partial charge in [-0.25, -0.2) is 0 Å². The molecule has 0 spiro atoms. The molecule has 1 aliphatic rings. The molecule has 0 heterocycles. The van der Waals surface area contributed by atoms with Crippen LogP contribution in [0.25, 0.3) is 0 Å². The first-order chi connectivity index (χ1) is 18.0. The van der Waals surface area contributed by atoms with Crippen molar-refractivity contribution in [3.05, 3.63) is 70.0 Å². The Labute approximate surface area is 234 Å². The van der Waals surface area contributed by atoms with Crippen LogP contribution in [0.5, 0.6) is 11.5 Å². The summed E-state index contributed by atoms with van der Waals surface area (Å²) in [5.41, 5.74) is 0.740. The summed E-state index contributed by atoms with van der Waals surface area (Å²) in [6, 6.07) is 14.2. The van der Waals surface area contributed by atoms with Gasteiger partial charge in [-0.2, -0.15) is 0 Å². The van der Waals surface area contributed by atoms with E-state index in [-0.39, 0.29) is 33.7 Å². The maximum absolute atomic E-state index is 13.3. The lowest BCUT2D eigenvalue weighted by Gasteiger charge is -2.24. The standard InChI is InChI=1S/C28H34Cl2N4O4/c1-17(15-33(3)4)37-21-13-9-7-11-19(21)31-25-23(29)28(36)26(24(30)27(25)35)32-20-12-8-10-14-22(20)38-18(2)16-34(5)6/h7-14,17-18,31-32H,15-16H2,1-6H3/t17-,18+. The highest BCUT2D eigenvalue weighted by Crippen LogP contribution is 2.35. The number of nitrogens with zero attached hydrogens (tertiary/aromatic N) is 2. The first-order valence-corrected chi connectivity index (χ1v) is 13.0. The van der Waals surface area contributed by atoms with E-state index in [0.717, 1.165) is 0 Å². The molecule has 38 heavy (non-hydrogen) atoms. The van der Waals surface area contributed by atoms with Gasteiger partial charge in [-0.1, -0.05) is 47.5 Å². The SMILES string of the molecule is C[C@H](CN(C)C)Oc1ccccc1NC1=C(Cl)C(=O)C(Nc2ccccc2O[C@@H](C)CN(C)C)=C(Cl)C1=O. The second-order valence-corrected chi connectivity index (χ2v) is 10.4. The Bertz CT molecular complexity index is 1150. The number of carbonyl (C=O) groups is 2. The van der Waals surface area contributed by atoms with Crippen LogP contribution in [-0.4, -0.2) is 74.9 Å². The van der Waals surface area contributed by atoms with Crippen LogP contribution in [0.15, 0.2) is 70.0 Å². The molecular weight excluding hydrogens is 527 g/mol. The summed E-state index contributed by atoms with van der Waals surface area (Å²) in [5, 5.41) is 5.38. The number of hydrogen-bond donors (Lipinski definition) is 2. The fourth-order valence-electron chi connectivity index (χ4n) is 4.02. The van der Waals surface area contributed by atoms with Crippen LogP contribution < -0.4 is 20.1 Å². The fraction of sp³-hybridized carbons (Fsp3) is 0.357. The molecule has 2 N–H and O–H groups in total. The van der Waals surface area contributed by atoms with Gasteiger partial charge in [0, 0.05) is 13.1 Å². The average Bonchev–Trinajstić information content (AvgIpc) is 2.84. The van der Waals surface area contributed by atoms with Gasteiger partial charge >= 0.3 is 0 Å². The van der Waals surface area contributed by atoms with Crippen molar-refractivity contribution < 1.29 is 19.1 Å². The van der Waals surface area contributed by atoms with Gasteiger partial charge in [-0.3, -0.25) is 9.59 Å². The highest BCUT2D eigenvalue weighted by molar-refractivity contribution is 6.56. The maximum atomic E-state index is 13.3. The lowest BCUT2D eigenvalue weighted by Crippen LogP contribution is -2.29. The minimum Gasteiger partial charge on any atom is -0.487 e. The molecule has 1 aliphatic carbocycles. The zero-order valence-corrected chi connectivity index (χ0v) is 24.0. The van der Waals surface area contributed by atoms with Crippen molar-refractivity contribution >= 4 is 46.1 Å². The van der Waals surface area contributed by atoms with Crippen LogP contribution in [0.2, 0.25) is 0 Å². The number of rotatable bonds is 12. The minimum absolute atomic E-state index is 0.118. The fourth-order valence-corrected chi connectivity index (χ4v) is 4.48. The third-order valence-corrected chi connectivity index (χ3v) is 6.21. The largest absolute Gasteiger partial charge is 0.487 e. The number of nitrogens with one attached hydrogen (secondary N) is 2. The van der Waals surface area contributed by atoms with E-state index in [9.17, 15) is 9.59 Å². The van der Waals surface area contributed by atoms with E-state index in [1.807, 2.05) is 64.0 Å². The predicted octanol–water partition coefficient (Wildman–Crippen LogP) is 4.92. The minimum atomic E-state index is -0.616. The first kappa shape index (κ1) is 29.5. The molecule has 0 saturated carbocycles. The molecule has 0 fully saturated rings.